The molecule has 0 spiro atoms. The summed E-state index contributed by atoms with van der Waals surface area (Å²) in [6.07, 6.45) is 6.73. The van der Waals surface area contributed by atoms with Crippen LogP contribution in [0, 0.1) is 0 Å². The summed E-state index contributed by atoms with van der Waals surface area (Å²) >= 11 is 0. The summed E-state index contributed by atoms with van der Waals surface area (Å²) in [5, 5.41) is 8.66. The summed E-state index contributed by atoms with van der Waals surface area (Å²) in [5.74, 6) is 0. The van der Waals surface area contributed by atoms with Gasteiger partial charge >= 0.3 is 0 Å². The van der Waals surface area contributed by atoms with Gasteiger partial charge in [0.05, 0.1) is 0 Å². The second kappa shape index (κ2) is 7.37. The van der Waals surface area contributed by atoms with E-state index in [-0.39, 0.29) is 0 Å². The highest BCUT2D eigenvalue weighted by atomic mass is 16.2. The first-order chi connectivity index (χ1) is 7.33. The van der Waals surface area contributed by atoms with Crippen LogP contribution in [0.1, 0.15) is 18.4 Å². The highest BCUT2D eigenvalue weighted by Gasteiger charge is 1.98. The van der Waals surface area contributed by atoms with Crippen molar-refractivity contribution in [1.82, 2.24) is 9.88 Å². The van der Waals surface area contributed by atoms with Gasteiger partial charge < -0.3 is 10.0 Å². The molecule has 1 aromatic rings. The molecule has 0 radical (unpaired) electrons. The van der Waals surface area contributed by atoms with Gasteiger partial charge in [-0.3, -0.25) is 4.98 Å². The average molecular weight is 208 g/mol. The van der Waals surface area contributed by atoms with E-state index in [1.165, 1.54) is 5.56 Å². The molecule has 1 N–H and O–H groups in total. The average Bonchev–Trinajstić information content (AvgIpc) is 2.28. The van der Waals surface area contributed by atoms with Crippen LogP contribution in [0.25, 0.3) is 0 Å². The maximum Gasteiger partial charge on any atom is 0.0431 e. The third-order valence-corrected chi connectivity index (χ3v) is 2.45. The molecule has 0 aliphatic heterocycles. The van der Waals surface area contributed by atoms with Gasteiger partial charge in [0.25, 0.3) is 0 Å². The second-order valence-electron chi connectivity index (χ2n) is 3.85. The molecule has 1 aromatic heterocycles. The van der Waals surface area contributed by atoms with Crippen molar-refractivity contribution in [2.45, 2.75) is 19.3 Å². The molecule has 0 saturated heterocycles. The molecule has 0 aliphatic rings. The van der Waals surface area contributed by atoms with Crippen molar-refractivity contribution in [3.63, 3.8) is 0 Å². The lowest BCUT2D eigenvalue weighted by Gasteiger charge is -2.15. The van der Waals surface area contributed by atoms with Gasteiger partial charge in [0.2, 0.25) is 0 Å². The standard InChI is InChI=1S/C12H20N2O/c1-14(8-2-3-10-15)9-6-12-5-4-7-13-11-12/h4-5,7,11,15H,2-3,6,8-10H2,1H3. The zero-order chi connectivity index (χ0) is 10.9. The molecule has 3 nitrogen and oxygen atoms in total. The Kier molecular flexibility index (Phi) is 5.97. The van der Waals surface area contributed by atoms with Gasteiger partial charge in [0, 0.05) is 25.5 Å². The van der Waals surface area contributed by atoms with E-state index in [2.05, 4.69) is 23.0 Å². The van der Waals surface area contributed by atoms with Gasteiger partial charge in [0.1, 0.15) is 0 Å². The highest BCUT2D eigenvalue weighted by Crippen LogP contribution is 1.99. The summed E-state index contributed by atoms with van der Waals surface area (Å²) in [7, 11) is 2.12. The van der Waals surface area contributed by atoms with Crippen LogP contribution in [-0.4, -0.2) is 41.7 Å². The Balaban J connectivity index is 2.14. The number of pyridine rings is 1. The first kappa shape index (κ1) is 12.1. The number of hydrogen-bond donors (Lipinski definition) is 1. The fraction of sp³-hybridized carbons (Fsp3) is 0.583. The van der Waals surface area contributed by atoms with Crippen LogP contribution in [0.3, 0.4) is 0 Å². The van der Waals surface area contributed by atoms with Crippen molar-refractivity contribution in [1.29, 1.82) is 0 Å². The van der Waals surface area contributed by atoms with Crippen molar-refractivity contribution in [2.75, 3.05) is 26.7 Å². The molecule has 1 rings (SSSR count). The molecular formula is C12H20N2O. The van der Waals surface area contributed by atoms with E-state index in [1.54, 1.807) is 6.20 Å². The summed E-state index contributed by atoms with van der Waals surface area (Å²) in [5.41, 5.74) is 1.28. The fourth-order valence-electron chi connectivity index (χ4n) is 1.47. The quantitative estimate of drug-likeness (QED) is 0.687. The summed E-state index contributed by atoms with van der Waals surface area (Å²) in [6, 6.07) is 4.08. The number of aliphatic hydroxyl groups excluding tert-OH is 1. The van der Waals surface area contributed by atoms with Crippen LogP contribution in [0.15, 0.2) is 24.5 Å². The number of aliphatic hydroxyl groups is 1. The molecule has 0 fully saturated rings. The zero-order valence-corrected chi connectivity index (χ0v) is 9.39. The van der Waals surface area contributed by atoms with Gasteiger partial charge in [0.15, 0.2) is 0 Å². The number of likely N-dealkylation sites (N-methyl/N-ethyl adjacent to an activating group) is 1. The lowest BCUT2D eigenvalue weighted by molar-refractivity contribution is 0.264. The smallest absolute Gasteiger partial charge is 0.0431 e. The van der Waals surface area contributed by atoms with Gasteiger partial charge in [-0.25, -0.2) is 0 Å². The van der Waals surface area contributed by atoms with Gasteiger partial charge in [-0.05, 0) is 44.5 Å². The second-order valence-corrected chi connectivity index (χ2v) is 3.85. The Morgan fingerprint density at radius 3 is 2.87 bits per heavy atom. The monoisotopic (exact) mass is 208 g/mol. The highest BCUT2D eigenvalue weighted by molar-refractivity contribution is 5.08. The number of aromatic nitrogens is 1. The fourth-order valence-corrected chi connectivity index (χ4v) is 1.47. The molecule has 15 heavy (non-hydrogen) atoms. The topological polar surface area (TPSA) is 36.4 Å². The van der Waals surface area contributed by atoms with Crippen molar-refractivity contribution < 1.29 is 5.11 Å². The van der Waals surface area contributed by atoms with E-state index in [9.17, 15) is 0 Å². The molecule has 84 valence electrons. The van der Waals surface area contributed by atoms with E-state index >= 15 is 0 Å². The molecule has 0 aromatic carbocycles. The number of hydrogen-bond acceptors (Lipinski definition) is 3. The van der Waals surface area contributed by atoms with E-state index in [0.29, 0.717) is 6.61 Å². The Hall–Kier alpha value is -0.930. The first-order valence-electron chi connectivity index (χ1n) is 5.51. The molecule has 3 heteroatoms. The van der Waals surface area contributed by atoms with Crippen molar-refractivity contribution in [3.05, 3.63) is 30.1 Å². The van der Waals surface area contributed by atoms with Gasteiger partial charge in [-0.2, -0.15) is 0 Å². The minimum atomic E-state index is 0.302. The maximum atomic E-state index is 8.66. The Morgan fingerprint density at radius 1 is 1.33 bits per heavy atom. The minimum absolute atomic E-state index is 0.302. The van der Waals surface area contributed by atoms with Crippen LogP contribution >= 0.6 is 0 Å². The van der Waals surface area contributed by atoms with Gasteiger partial charge in [-0.15, -0.1) is 0 Å². The predicted molar refractivity (Wildman–Crippen MR) is 61.8 cm³/mol. The third kappa shape index (κ3) is 5.50. The third-order valence-electron chi connectivity index (χ3n) is 2.45. The molecule has 0 unspecified atom stereocenters. The largest absolute Gasteiger partial charge is 0.396 e. The Bertz CT molecular complexity index is 251. The number of unbranched alkanes of at least 4 members (excludes halogenated alkanes) is 1. The van der Waals surface area contributed by atoms with Crippen LogP contribution in [0.4, 0.5) is 0 Å². The van der Waals surface area contributed by atoms with Crippen LogP contribution in [-0.2, 0) is 6.42 Å². The predicted octanol–water partition coefficient (Wildman–Crippen LogP) is 1.33. The molecule has 0 saturated carbocycles. The van der Waals surface area contributed by atoms with Crippen molar-refractivity contribution >= 4 is 0 Å². The summed E-state index contributed by atoms with van der Waals surface area (Å²) in [4.78, 5) is 6.38. The zero-order valence-electron chi connectivity index (χ0n) is 9.39. The lowest BCUT2D eigenvalue weighted by atomic mass is 10.2. The molecule has 0 bridgehead atoms. The summed E-state index contributed by atoms with van der Waals surface area (Å²) < 4.78 is 0. The van der Waals surface area contributed by atoms with E-state index < -0.39 is 0 Å². The Morgan fingerprint density at radius 2 is 2.20 bits per heavy atom. The molecule has 0 aliphatic carbocycles. The number of nitrogens with zero attached hydrogens (tertiary/aromatic N) is 2. The van der Waals surface area contributed by atoms with E-state index in [4.69, 9.17) is 5.11 Å². The summed E-state index contributed by atoms with van der Waals surface area (Å²) in [6.45, 7) is 2.41. The SMILES string of the molecule is CN(CCCCO)CCc1cccnc1. The van der Waals surface area contributed by atoms with E-state index in [0.717, 1.165) is 32.4 Å². The molecule has 0 amide bonds. The molecule has 0 atom stereocenters. The maximum absolute atomic E-state index is 8.66. The minimum Gasteiger partial charge on any atom is -0.396 e. The molecule has 1 heterocycles. The van der Waals surface area contributed by atoms with Crippen LogP contribution in [0.5, 0.6) is 0 Å². The van der Waals surface area contributed by atoms with Crippen molar-refractivity contribution in [3.8, 4) is 0 Å². The number of rotatable bonds is 7. The van der Waals surface area contributed by atoms with E-state index in [1.807, 2.05) is 12.3 Å². The van der Waals surface area contributed by atoms with Crippen LogP contribution < -0.4 is 0 Å². The lowest BCUT2D eigenvalue weighted by Crippen LogP contribution is -2.22. The first-order valence-corrected chi connectivity index (χ1v) is 5.51. The van der Waals surface area contributed by atoms with Crippen LogP contribution in [0.2, 0.25) is 0 Å². The Labute approximate surface area is 91.8 Å². The molecular weight excluding hydrogens is 188 g/mol. The van der Waals surface area contributed by atoms with Crippen molar-refractivity contribution in [2.24, 2.45) is 0 Å². The van der Waals surface area contributed by atoms with Gasteiger partial charge in [-0.1, -0.05) is 6.07 Å². The normalized spacial score (nSPS) is 10.9.